The lowest BCUT2D eigenvalue weighted by atomic mass is 9.73. The van der Waals surface area contributed by atoms with Crippen LogP contribution in [0.2, 0.25) is 0 Å². The fourth-order valence-electron chi connectivity index (χ4n) is 3.15. The summed E-state index contributed by atoms with van der Waals surface area (Å²) in [5.41, 5.74) is 1.40. The Kier molecular flexibility index (Phi) is 4.69. The molecule has 2 rings (SSSR count). The molecule has 0 aromatic heterocycles. The Bertz CT molecular complexity index is 458. The quantitative estimate of drug-likeness (QED) is 0.879. The van der Waals surface area contributed by atoms with E-state index in [4.69, 9.17) is 4.74 Å². The fourth-order valence-corrected chi connectivity index (χ4v) is 3.15. The number of ether oxygens (including phenoxy) is 1. The summed E-state index contributed by atoms with van der Waals surface area (Å²) < 4.78 is 18.5. The van der Waals surface area contributed by atoms with Crippen molar-refractivity contribution in [1.82, 2.24) is 5.32 Å². The van der Waals surface area contributed by atoms with Gasteiger partial charge in [-0.15, -0.1) is 0 Å². The lowest BCUT2D eigenvalue weighted by molar-refractivity contribution is 0.157. The fraction of sp³-hybridized carbons (Fsp3) is 0.647. The zero-order valence-electron chi connectivity index (χ0n) is 13.0. The van der Waals surface area contributed by atoms with E-state index in [1.807, 2.05) is 6.07 Å². The van der Waals surface area contributed by atoms with Gasteiger partial charge in [0.05, 0.1) is 7.11 Å². The van der Waals surface area contributed by atoms with Gasteiger partial charge < -0.3 is 10.1 Å². The maximum atomic E-state index is 13.5. The van der Waals surface area contributed by atoms with E-state index < -0.39 is 0 Å². The molecule has 2 nitrogen and oxygen atoms in total. The first-order valence-corrected chi connectivity index (χ1v) is 7.53. The van der Waals surface area contributed by atoms with Crippen molar-refractivity contribution in [2.75, 3.05) is 7.11 Å². The number of nitrogens with one attached hydrogen (secondary N) is 1. The Morgan fingerprint density at radius 3 is 2.75 bits per heavy atom. The van der Waals surface area contributed by atoms with Gasteiger partial charge in [0.25, 0.3) is 0 Å². The van der Waals surface area contributed by atoms with Crippen LogP contribution in [-0.2, 0) is 0 Å². The van der Waals surface area contributed by atoms with Gasteiger partial charge in [0, 0.05) is 12.1 Å². The minimum atomic E-state index is -0.304. The van der Waals surface area contributed by atoms with Crippen molar-refractivity contribution in [3.05, 3.63) is 29.6 Å². The van der Waals surface area contributed by atoms with Crippen LogP contribution >= 0.6 is 0 Å². The number of hydrogen-bond acceptors (Lipinski definition) is 2. The van der Waals surface area contributed by atoms with Crippen molar-refractivity contribution in [3.63, 3.8) is 0 Å². The highest BCUT2D eigenvalue weighted by molar-refractivity contribution is 5.32. The zero-order chi connectivity index (χ0) is 14.8. The lowest BCUT2D eigenvalue weighted by Crippen LogP contribution is -2.45. The normalized spacial score (nSPS) is 23.4. The molecule has 112 valence electrons. The average molecular weight is 279 g/mol. The van der Waals surface area contributed by atoms with E-state index in [0.29, 0.717) is 17.2 Å². The van der Waals surface area contributed by atoms with E-state index in [9.17, 15) is 4.39 Å². The molecule has 0 saturated heterocycles. The van der Waals surface area contributed by atoms with Crippen molar-refractivity contribution >= 4 is 0 Å². The van der Waals surface area contributed by atoms with Gasteiger partial charge in [-0.3, -0.25) is 0 Å². The summed E-state index contributed by atoms with van der Waals surface area (Å²) in [5, 5.41) is 3.72. The van der Waals surface area contributed by atoms with E-state index in [1.54, 1.807) is 6.07 Å². The highest BCUT2D eigenvalue weighted by Crippen LogP contribution is 2.36. The second kappa shape index (κ2) is 6.13. The number of benzene rings is 1. The molecule has 20 heavy (non-hydrogen) atoms. The van der Waals surface area contributed by atoms with Crippen molar-refractivity contribution in [3.8, 4) is 5.75 Å². The van der Waals surface area contributed by atoms with Gasteiger partial charge in [0.2, 0.25) is 0 Å². The Morgan fingerprint density at radius 1 is 1.35 bits per heavy atom. The molecule has 1 aromatic carbocycles. The van der Waals surface area contributed by atoms with Crippen LogP contribution in [0.1, 0.15) is 58.1 Å². The van der Waals surface area contributed by atoms with Crippen LogP contribution in [-0.4, -0.2) is 13.2 Å². The minimum Gasteiger partial charge on any atom is -0.494 e. The summed E-state index contributed by atoms with van der Waals surface area (Å²) in [6.45, 7) is 6.81. The standard InChI is InChI=1S/C17H26FNO/c1-12(13-8-9-14(18)15(11-13)20-4)19-16-7-5-6-10-17(16,2)3/h8-9,11-12,16,19H,5-7,10H2,1-4H3. The summed E-state index contributed by atoms with van der Waals surface area (Å²) in [6.07, 6.45) is 5.10. The monoisotopic (exact) mass is 279 g/mol. The third-order valence-electron chi connectivity index (χ3n) is 4.63. The third-order valence-corrected chi connectivity index (χ3v) is 4.63. The summed E-state index contributed by atoms with van der Waals surface area (Å²) in [4.78, 5) is 0. The molecular weight excluding hydrogens is 253 g/mol. The molecule has 2 atom stereocenters. The predicted octanol–water partition coefficient (Wildman–Crippen LogP) is 4.45. The maximum absolute atomic E-state index is 13.5. The highest BCUT2D eigenvalue weighted by Gasteiger charge is 2.32. The van der Waals surface area contributed by atoms with Gasteiger partial charge >= 0.3 is 0 Å². The summed E-state index contributed by atoms with van der Waals surface area (Å²) >= 11 is 0. The molecule has 0 radical (unpaired) electrons. The second-order valence-electron chi connectivity index (χ2n) is 6.57. The van der Waals surface area contributed by atoms with Crippen molar-refractivity contribution in [1.29, 1.82) is 0 Å². The smallest absolute Gasteiger partial charge is 0.165 e. The third kappa shape index (κ3) is 3.32. The van der Waals surface area contributed by atoms with Gasteiger partial charge in [0.1, 0.15) is 0 Å². The number of rotatable bonds is 4. The van der Waals surface area contributed by atoms with Gasteiger partial charge in [-0.05, 0) is 42.9 Å². The summed E-state index contributed by atoms with van der Waals surface area (Å²) in [5.74, 6) is 0.0144. The number of hydrogen-bond donors (Lipinski definition) is 1. The largest absolute Gasteiger partial charge is 0.494 e. The Labute approximate surface area is 121 Å². The molecule has 1 N–H and O–H groups in total. The summed E-state index contributed by atoms with van der Waals surface area (Å²) in [7, 11) is 1.50. The van der Waals surface area contributed by atoms with Crippen molar-refractivity contribution in [2.24, 2.45) is 5.41 Å². The van der Waals surface area contributed by atoms with Crippen molar-refractivity contribution < 1.29 is 9.13 Å². The molecule has 3 heteroatoms. The first-order chi connectivity index (χ1) is 9.44. The van der Waals surface area contributed by atoms with Gasteiger partial charge in [0.15, 0.2) is 11.6 Å². The minimum absolute atomic E-state index is 0.201. The van der Waals surface area contributed by atoms with E-state index in [2.05, 4.69) is 26.1 Å². The molecule has 1 fully saturated rings. The maximum Gasteiger partial charge on any atom is 0.165 e. The predicted molar refractivity (Wildman–Crippen MR) is 80.5 cm³/mol. The topological polar surface area (TPSA) is 21.3 Å². The Morgan fingerprint density at radius 2 is 2.10 bits per heavy atom. The van der Waals surface area contributed by atoms with E-state index in [1.165, 1.54) is 38.9 Å². The van der Waals surface area contributed by atoms with Crippen LogP contribution in [0.5, 0.6) is 5.75 Å². The van der Waals surface area contributed by atoms with Gasteiger partial charge in [-0.25, -0.2) is 4.39 Å². The Hall–Kier alpha value is -1.09. The van der Waals surface area contributed by atoms with Crippen molar-refractivity contribution in [2.45, 2.75) is 58.5 Å². The van der Waals surface area contributed by atoms with Crippen LogP contribution in [0, 0.1) is 11.2 Å². The molecule has 2 unspecified atom stereocenters. The molecule has 0 aliphatic heterocycles. The van der Waals surface area contributed by atoms with Crippen LogP contribution in [0.25, 0.3) is 0 Å². The van der Waals surface area contributed by atoms with Crippen LogP contribution in [0.3, 0.4) is 0 Å². The molecule has 0 heterocycles. The Balaban J connectivity index is 2.09. The molecule has 0 bridgehead atoms. The molecule has 0 spiro atoms. The summed E-state index contributed by atoms with van der Waals surface area (Å²) in [6, 6.07) is 5.83. The first-order valence-electron chi connectivity index (χ1n) is 7.53. The van der Waals surface area contributed by atoms with Crippen LogP contribution < -0.4 is 10.1 Å². The van der Waals surface area contributed by atoms with E-state index in [-0.39, 0.29) is 11.9 Å². The first kappa shape index (κ1) is 15.3. The lowest BCUT2D eigenvalue weighted by Gasteiger charge is -2.41. The van der Waals surface area contributed by atoms with Gasteiger partial charge in [-0.1, -0.05) is 32.8 Å². The zero-order valence-corrected chi connectivity index (χ0v) is 13.0. The second-order valence-corrected chi connectivity index (χ2v) is 6.57. The highest BCUT2D eigenvalue weighted by atomic mass is 19.1. The van der Waals surface area contributed by atoms with E-state index >= 15 is 0 Å². The van der Waals surface area contributed by atoms with E-state index in [0.717, 1.165) is 5.56 Å². The van der Waals surface area contributed by atoms with Crippen LogP contribution in [0.4, 0.5) is 4.39 Å². The number of methoxy groups -OCH3 is 1. The SMILES string of the molecule is COc1cc(C(C)NC2CCCCC2(C)C)ccc1F. The van der Waals surface area contributed by atoms with Crippen LogP contribution in [0.15, 0.2) is 18.2 Å². The molecule has 1 saturated carbocycles. The van der Waals surface area contributed by atoms with Gasteiger partial charge in [-0.2, -0.15) is 0 Å². The molecule has 1 aromatic rings. The average Bonchev–Trinajstić information content (AvgIpc) is 2.41. The molecule has 1 aliphatic rings. The number of halogens is 1. The molecule has 1 aliphatic carbocycles. The molecule has 0 amide bonds. The molecular formula is C17H26FNO.